The lowest BCUT2D eigenvalue weighted by Crippen LogP contribution is -2.25. The van der Waals surface area contributed by atoms with Crippen molar-refractivity contribution in [3.8, 4) is 0 Å². The summed E-state index contributed by atoms with van der Waals surface area (Å²) >= 11 is 0. The van der Waals surface area contributed by atoms with Gasteiger partial charge in [-0.1, -0.05) is 19.1 Å². The van der Waals surface area contributed by atoms with Crippen LogP contribution in [0.5, 0.6) is 0 Å². The van der Waals surface area contributed by atoms with Crippen LogP contribution in [0, 0.1) is 5.92 Å². The molecular weight excluding hydrogens is 214 g/mol. The zero-order chi connectivity index (χ0) is 12.4. The van der Waals surface area contributed by atoms with Crippen LogP contribution in [0.1, 0.15) is 6.92 Å². The molecule has 5 heteroatoms. The molecule has 2 N–H and O–H groups in total. The molecule has 90 valence electrons. The second-order valence-corrected chi connectivity index (χ2v) is 4.41. The average molecular weight is 232 g/mol. The number of nitrogens with zero attached hydrogens (tertiary/aromatic N) is 4. The van der Waals surface area contributed by atoms with Gasteiger partial charge >= 0.3 is 5.95 Å². The molecule has 0 aliphatic heterocycles. The first kappa shape index (κ1) is 11.6. The summed E-state index contributed by atoms with van der Waals surface area (Å²) in [6.07, 6.45) is 9.79. The molecule has 0 saturated carbocycles. The summed E-state index contributed by atoms with van der Waals surface area (Å²) < 4.78 is 3.87. The van der Waals surface area contributed by atoms with Gasteiger partial charge in [0.1, 0.15) is 6.04 Å². The van der Waals surface area contributed by atoms with E-state index in [1.807, 2.05) is 53.9 Å². The molecule has 1 heterocycles. The summed E-state index contributed by atoms with van der Waals surface area (Å²) in [7, 11) is 3.90. The Morgan fingerprint density at radius 3 is 2.82 bits per heavy atom. The van der Waals surface area contributed by atoms with E-state index < -0.39 is 0 Å². The second kappa shape index (κ2) is 4.53. The number of azo groups is 1. The molecule has 2 atom stereocenters. The van der Waals surface area contributed by atoms with Crippen LogP contribution < -0.4 is 10.3 Å². The number of hydrogen-bond donors (Lipinski definition) is 1. The van der Waals surface area contributed by atoms with E-state index in [1.165, 1.54) is 0 Å². The van der Waals surface area contributed by atoms with E-state index >= 15 is 0 Å². The van der Waals surface area contributed by atoms with Gasteiger partial charge in [-0.05, 0) is 6.08 Å². The van der Waals surface area contributed by atoms with Crippen molar-refractivity contribution in [2.24, 2.45) is 36.0 Å². The molecular formula is C12H18N5+. The summed E-state index contributed by atoms with van der Waals surface area (Å²) in [6, 6.07) is 0.0669. The molecule has 2 unspecified atom stereocenters. The predicted molar refractivity (Wildman–Crippen MR) is 65.5 cm³/mol. The number of aromatic nitrogens is 2. The third-order valence-electron chi connectivity index (χ3n) is 2.91. The first-order valence-corrected chi connectivity index (χ1v) is 5.65. The van der Waals surface area contributed by atoms with Gasteiger partial charge in [-0.3, -0.25) is 0 Å². The number of nitrogens with two attached hydrogens (primary N) is 1. The highest BCUT2D eigenvalue weighted by molar-refractivity contribution is 5.24. The normalized spacial score (nSPS) is 24.3. The Bertz CT molecular complexity index is 475. The van der Waals surface area contributed by atoms with Gasteiger partial charge in [0.2, 0.25) is 0 Å². The first-order valence-electron chi connectivity index (χ1n) is 5.65. The van der Waals surface area contributed by atoms with Crippen molar-refractivity contribution in [3.05, 3.63) is 36.3 Å². The molecule has 0 saturated heterocycles. The van der Waals surface area contributed by atoms with E-state index in [9.17, 15) is 0 Å². The van der Waals surface area contributed by atoms with E-state index in [-0.39, 0.29) is 12.0 Å². The van der Waals surface area contributed by atoms with Crippen LogP contribution in [0.4, 0.5) is 5.95 Å². The maximum Gasteiger partial charge on any atom is 0.420 e. The minimum atomic E-state index is 0.0669. The van der Waals surface area contributed by atoms with Gasteiger partial charge in [0.25, 0.3) is 0 Å². The quantitative estimate of drug-likeness (QED) is 0.607. The highest BCUT2D eigenvalue weighted by Gasteiger charge is 2.18. The fraction of sp³-hybridized carbons (Fsp3) is 0.417. The van der Waals surface area contributed by atoms with Gasteiger partial charge in [-0.2, -0.15) is 0 Å². The van der Waals surface area contributed by atoms with Gasteiger partial charge in [-0.15, -0.1) is 5.11 Å². The standard InChI is InChI=1S/C12H18N5/c1-9-8-10(13)4-5-11(9)14-15-12-16(2)6-7-17(12)3/h4-9,11H,13H2,1-3H3/q+1. The molecule has 1 aliphatic carbocycles. The summed E-state index contributed by atoms with van der Waals surface area (Å²) in [5.41, 5.74) is 6.52. The summed E-state index contributed by atoms with van der Waals surface area (Å²) in [6.45, 7) is 2.09. The van der Waals surface area contributed by atoms with Gasteiger partial charge < -0.3 is 5.73 Å². The van der Waals surface area contributed by atoms with Crippen LogP contribution in [0.15, 0.2) is 46.5 Å². The molecule has 0 aromatic carbocycles. The Kier molecular flexibility index (Phi) is 3.08. The smallest absolute Gasteiger partial charge is 0.399 e. The van der Waals surface area contributed by atoms with Gasteiger partial charge in [0, 0.05) is 16.7 Å². The fourth-order valence-corrected chi connectivity index (χ4v) is 1.83. The molecule has 0 amide bonds. The molecule has 1 aliphatic rings. The number of hydrogen-bond acceptors (Lipinski definition) is 3. The van der Waals surface area contributed by atoms with Gasteiger partial charge in [0.05, 0.1) is 26.5 Å². The predicted octanol–water partition coefficient (Wildman–Crippen LogP) is 1.35. The maximum absolute atomic E-state index is 5.72. The van der Waals surface area contributed by atoms with Crippen molar-refractivity contribution in [3.63, 3.8) is 0 Å². The monoisotopic (exact) mass is 232 g/mol. The third-order valence-corrected chi connectivity index (χ3v) is 2.91. The molecule has 0 spiro atoms. The van der Waals surface area contributed by atoms with Crippen molar-refractivity contribution < 1.29 is 4.57 Å². The first-order chi connectivity index (χ1) is 8.08. The molecule has 0 bridgehead atoms. The molecule has 1 aromatic rings. The lowest BCUT2D eigenvalue weighted by Gasteiger charge is -2.14. The lowest BCUT2D eigenvalue weighted by molar-refractivity contribution is -0.657. The molecule has 17 heavy (non-hydrogen) atoms. The molecule has 0 fully saturated rings. The van der Waals surface area contributed by atoms with Crippen molar-refractivity contribution in [1.29, 1.82) is 0 Å². The van der Waals surface area contributed by atoms with E-state index in [0.717, 1.165) is 11.6 Å². The Hall–Kier alpha value is -1.91. The average Bonchev–Trinajstić information content (AvgIpc) is 2.58. The van der Waals surface area contributed by atoms with Crippen LogP contribution in [0.3, 0.4) is 0 Å². The van der Waals surface area contributed by atoms with E-state index in [1.54, 1.807) is 0 Å². The molecule has 0 radical (unpaired) electrons. The summed E-state index contributed by atoms with van der Waals surface area (Å²) in [5.74, 6) is 1.11. The summed E-state index contributed by atoms with van der Waals surface area (Å²) in [5, 5.41) is 8.65. The minimum Gasteiger partial charge on any atom is -0.399 e. The maximum atomic E-state index is 5.72. The van der Waals surface area contributed by atoms with Crippen LogP contribution in [0.25, 0.3) is 0 Å². The Morgan fingerprint density at radius 2 is 2.24 bits per heavy atom. The number of allylic oxidation sites excluding steroid dienone is 1. The van der Waals surface area contributed by atoms with Gasteiger partial charge in [-0.25, -0.2) is 9.13 Å². The topological polar surface area (TPSA) is 59.5 Å². The molecule has 2 rings (SSSR count). The SMILES string of the molecule is CC1C=C(N)C=CC1N=Nc1n(C)cc[n+]1C. The van der Waals surface area contributed by atoms with Crippen molar-refractivity contribution >= 4 is 5.95 Å². The molecule has 1 aromatic heterocycles. The summed E-state index contributed by atoms with van der Waals surface area (Å²) in [4.78, 5) is 0. The fourth-order valence-electron chi connectivity index (χ4n) is 1.83. The van der Waals surface area contributed by atoms with Crippen molar-refractivity contribution in [2.75, 3.05) is 0 Å². The Balaban J connectivity index is 2.15. The zero-order valence-corrected chi connectivity index (χ0v) is 10.4. The van der Waals surface area contributed by atoms with Crippen LogP contribution in [0.2, 0.25) is 0 Å². The third kappa shape index (κ3) is 2.43. The van der Waals surface area contributed by atoms with Crippen LogP contribution in [-0.2, 0) is 14.1 Å². The van der Waals surface area contributed by atoms with Crippen molar-refractivity contribution in [1.82, 2.24) is 4.57 Å². The number of imidazole rings is 1. The largest absolute Gasteiger partial charge is 0.420 e. The number of rotatable bonds is 2. The lowest BCUT2D eigenvalue weighted by atomic mass is 9.97. The van der Waals surface area contributed by atoms with E-state index in [4.69, 9.17) is 5.73 Å². The highest BCUT2D eigenvalue weighted by atomic mass is 15.3. The Labute approximate surface area is 101 Å². The van der Waals surface area contributed by atoms with Crippen LogP contribution >= 0.6 is 0 Å². The highest BCUT2D eigenvalue weighted by Crippen LogP contribution is 2.19. The van der Waals surface area contributed by atoms with Gasteiger partial charge in [0.15, 0.2) is 0 Å². The van der Waals surface area contributed by atoms with Crippen molar-refractivity contribution in [2.45, 2.75) is 13.0 Å². The number of aryl methyl sites for hydroxylation is 2. The van der Waals surface area contributed by atoms with Crippen LogP contribution in [-0.4, -0.2) is 10.6 Å². The minimum absolute atomic E-state index is 0.0669. The molecule has 5 nitrogen and oxygen atoms in total. The zero-order valence-electron chi connectivity index (χ0n) is 10.4. The van der Waals surface area contributed by atoms with E-state index in [2.05, 4.69) is 17.2 Å². The second-order valence-electron chi connectivity index (χ2n) is 4.41. The Morgan fingerprint density at radius 1 is 1.47 bits per heavy atom. The van der Waals surface area contributed by atoms with E-state index in [0.29, 0.717) is 0 Å².